The Morgan fingerprint density at radius 2 is 1.96 bits per heavy atom. The van der Waals surface area contributed by atoms with E-state index in [1.165, 1.54) is 13.2 Å². The molecule has 7 heteroatoms. The van der Waals surface area contributed by atoms with E-state index in [9.17, 15) is 14.0 Å². The number of methoxy groups -OCH3 is 1. The van der Waals surface area contributed by atoms with E-state index in [1.54, 1.807) is 18.2 Å². The zero-order valence-corrected chi connectivity index (χ0v) is 13.8. The fraction of sp³-hybridized carbons (Fsp3) is 0.176. The smallest absolute Gasteiger partial charge is 0.342 e. The van der Waals surface area contributed by atoms with E-state index in [1.807, 2.05) is 6.92 Å². The number of halogens is 2. The number of amides is 1. The van der Waals surface area contributed by atoms with Gasteiger partial charge < -0.3 is 14.8 Å². The van der Waals surface area contributed by atoms with Gasteiger partial charge in [-0.1, -0.05) is 23.2 Å². The number of carbonyl (C=O) groups is 2. The van der Waals surface area contributed by atoms with E-state index in [4.69, 9.17) is 21.1 Å². The summed E-state index contributed by atoms with van der Waals surface area (Å²) in [6.45, 7) is 1.31. The number of hydrogen-bond donors (Lipinski definition) is 1. The first-order valence-corrected chi connectivity index (χ1v) is 7.35. The third kappa shape index (κ3) is 4.45. The van der Waals surface area contributed by atoms with E-state index < -0.39 is 24.3 Å². The highest BCUT2D eigenvalue weighted by Crippen LogP contribution is 2.23. The highest BCUT2D eigenvalue weighted by molar-refractivity contribution is 6.33. The van der Waals surface area contributed by atoms with Gasteiger partial charge in [-0.2, -0.15) is 0 Å². The number of nitrogens with one attached hydrogen (secondary N) is 1. The molecule has 0 unspecified atom stereocenters. The van der Waals surface area contributed by atoms with Crippen molar-refractivity contribution in [3.63, 3.8) is 0 Å². The van der Waals surface area contributed by atoms with Crippen molar-refractivity contribution in [2.24, 2.45) is 0 Å². The third-order valence-electron chi connectivity index (χ3n) is 3.11. The topological polar surface area (TPSA) is 64.6 Å². The average Bonchev–Trinajstić information content (AvgIpc) is 2.55. The molecule has 0 aliphatic heterocycles. The molecule has 0 saturated heterocycles. The zero-order chi connectivity index (χ0) is 17.7. The Balaban J connectivity index is 1.99. The van der Waals surface area contributed by atoms with Crippen LogP contribution in [0.5, 0.6) is 5.75 Å². The molecule has 126 valence electrons. The summed E-state index contributed by atoms with van der Waals surface area (Å²) in [6.07, 6.45) is 0. The lowest BCUT2D eigenvalue weighted by Crippen LogP contribution is -2.21. The summed E-state index contributed by atoms with van der Waals surface area (Å²) < 4.78 is 23.0. The van der Waals surface area contributed by atoms with E-state index in [0.717, 1.165) is 17.7 Å². The molecular formula is C17H15ClFNO4. The standard InChI is InChI=1S/C17H15ClFNO4/c1-10-3-6-15(23-2)12(7-10)17(22)24-9-16(21)20-14-5-4-11(19)8-13(14)18/h3-8H,9H2,1-2H3,(H,20,21). The van der Waals surface area contributed by atoms with Crippen molar-refractivity contribution in [2.45, 2.75) is 6.92 Å². The first kappa shape index (κ1) is 17.7. The lowest BCUT2D eigenvalue weighted by Gasteiger charge is -2.10. The number of anilines is 1. The van der Waals surface area contributed by atoms with Gasteiger partial charge in [-0.25, -0.2) is 9.18 Å². The lowest BCUT2D eigenvalue weighted by atomic mass is 10.1. The molecule has 2 rings (SSSR count). The molecule has 1 amide bonds. The Hall–Kier alpha value is -2.60. The van der Waals surface area contributed by atoms with Gasteiger partial charge in [0.2, 0.25) is 0 Å². The molecule has 5 nitrogen and oxygen atoms in total. The van der Waals surface area contributed by atoms with Crippen LogP contribution in [-0.4, -0.2) is 25.6 Å². The van der Waals surface area contributed by atoms with Crippen LogP contribution < -0.4 is 10.1 Å². The maximum absolute atomic E-state index is 13.0. The fourth-order valence-electron chi connectivity index (χ4n) is 1.97. The van der Waals surface area contributed by atoms with Crippen LogP contribution in [0.25, 0.3) is 0 Å². The summed E-state index contributed by atoms with van der Waals surface area (Å²) in [7, 11) is 1.44. The largest absolute Gasteiger partial charge is 0.496 e. The Morgan fingerprint density at radius 3 is 2.62 bits per heavy atom. The fourth-order valence-corrected chi connectivity index (χ4v) is 2.18. The summed E-state index contributed by atoms with van der Waals surface area (Å²) in [5, 5.41) is 2.49. The number of aryl methyl sites for hydroxylation is 1. The monoisotopic (exact) mass is 351 g/mol. The van der Waals surface area contributed by atoms with Gasteiger partial charge in [0, 0.05) is 0 Å². The van der Waals surface area contributed by atoms with Gasteiger partial charge in [-0.3, -0.25) is 4.79 Å². The number of esters is 1. The molecule has 0 radical (unpaired) electrons. The van der Waals surface area contributed by atoms with Crippen LogP contribution in [0.1, 0.15) is 15.9 Å². The van der Waals surface area contributed by atoms with E-state index in [0.29, 0.717) is 5.75 Å². The maximum atomic E-state index is 13.0. The van der Waals surface area contributed by atoms with Crippen LogP contribution in [0.4, 0.5) is 10.1 Å². The molecule has 0 aliphatic rings. The van der Waals surface area contributed by atoms with Gasteiger partial charge in [0.1, 0.15) is 17.1 Å². The summed E-state index contributed by atoms with van der Waals surface area (Å²) in [6, 6.07) is 8.59. The predicted molar refractivity (Wildman–Crippen MR) is 88.1 cm³/mol. The molecule has 0 aromatic heterocycles. The summed E-state index contributed by atoms with van der Waals surface area (Å²) in [5.74, 6) is -1.44. The zero-order valence-electron chi connectivity index (χ0n) is 13.1. The second-order valence-corrected chi connectivity index (χ2v) is 5.36. The SMILES string of the molecule is COc1ccc(C)cc1C(=O)OCC(=O)Nc1ccc(F)cc1Cl. The third-order valence-corrected chi connectivity index (χ3v) is 3.43. The first-order valence-electron chi connectivity index (χ1n) is 6.97. The molecule has 2 aromatic rings. The van der Waals surface area contributed by atoms with Crippen LogP contribution in [0.15, 0.2) is 36.4 Å². The molecular weight excluding hydrogens is 337 g/mol. The maximum Gasteiger partial charge on any atom is 0.342 e. The van der Waals surface area contributed by atoms with Crippen molar-refractivity contribution in [3.8, 4) is 5.75 Å². The van der Waals surface area contributed by atoms with Crippen LogP contribution >= 0.6 is 11.6 Å². The van der Waals surface area contributed by atoms with Gasteiger partial charge in [-0.15, -0.1) is 0 Å². The van der Waals surface area contributed by atoms with Gasteiger partial charge in [0.05, 0.1) is 17.8 Å². The molecule has 0 heterocycles. The molecule has 0 aliphatic carbocycles. The molecule has 0 fully saturated rings. The highest BCUT2D eigenvalue weighted by Gasteiger charge is 2.16. The minimum absolute atomic E-state index is 0.0510. The lowest BCUT2D eigenvalue weighted by molar-refractivity contribution is -0.119. The van der Waals surface area contributed by atoms with Crippen molar-refractivity contribution in [3.05, 3.63) is 58.4 Å². The summed E-state index contributed by atoms with van der Waals surface area (Å²) in [4.78, 5) is 23.9. The first-order chi connectivity index (χ1) is 11.4. The molecule has 1 N–H and O–H groups in total. The molecule has 24 heavy (non-hydrogen) atoms. The minimum atomic E-state index is -0.684. The molecule has 0 atom stereocenters. The van der Waals surface area contributed by atoms with E-state index in [2.05, 4.69) is 5.32 Å². The quantitative estimate of drug-likeness (QED) is 0.836. The van der Waals surface area contributed by atoms with Gasteiger partial charge in [-0.05, 0) is 37.3 Å². The Kier molecular flexibility index (Phi) is 5.76. The van der Waals surface area contributed by atoms with Gasteiger partial charge in [0.25, 0.3) is 5.91 Å². The molecule has 0 saturated carbocycles. The van der Waals surface area contributed by atoms with Crippen molar-refractivity contribution in [1.29, 1.82) is 0 Å². The van der Waals surface area contributed by atoms with Gasteiger partial charge >= 0.3 is 5.97 Å². The van der Waals surface area contributed by atoms with Crippen molar-refractivity contribution < 1.29 is 23.5 Å². The van der Waals surface area contributed by atoms with Crippen molar-refractivity contribution >= 4 is 29.2 Å². The molecule has 0 bridgehead atoms. The molecule has 2 aromatic carbocycles. The number of carbonyl (C=O) groups excluding carboxylic acids is 2. The number of hydrogen-bond acceptors (Lipinski definition) is 4. The second kappa shape index (κ2) is 7.79. The van der Waals surface area contributed by atoms with E-state index in [-0.39, 0.29) is 16.3 Å². The highest BCUT2D eigenvalue weighted by atomic mass is 35.5. The minimum Gasteiger partial charge on any atom is -0.496 e. The van der Waals surface area contributed by atoms with Crippen LogP contribution in [0, 0.1) is 12.7 Å². The Labute approximate surface area is 143 Å². The predicted octanol–water partition coefficient (Wildman–Crippen LogP) is 3.59. The number of ether oxygens (including phenoxy) is 2. The number of rotatable bonds is 5. The summed E-state index contributed by atoms with van der Waals surface area (Å²) >= 11 is 5.81. The second-order valence-electron chi connectivity index (χ2n) is 4.95. The number of benzene rings is 2. The van der Waals surface area contributed by atoms with Crippen LogP contribution in [0.3, 0.4) is 0 Å². The Bertz CT molecular complexity index is 779. The summed E-state index contributed by atoms with van der Waals surface area (Å²) in [5.41, 5.74) is 1.31. The van der Waals surface area contributed by atoms with Crippen LogP contribution in [-0.2, 0) is 9.53 Å². The molecule has 0 spiro atoms. The van der Waals surface area contributed by atoms with Crippen LogP contribution in [0.2, 0.25) is 5.02 Å². The average molecular weight is 352 g/mol. The van der Waals surface area contributed by atoms with E-state index >= 15 is 0 Å². The Morgan fingerprint density at radius 1 is 1.21 bits per heavy atom. The normalized spacial score (nSPS) is 10.2. The van der Waals surface area contributed by atoms with Crippen molar-refractivity contribution in [1.82, 2.24) is 0 Å². The van der Waals surface area contributed by atoms with Gasteiger partial charge in [0.15, 0.2) is 6.61 Å². The van der Waals surface area contributed by atoms with Crippen molar-refractivity contribution in [2.75, 3.05) is 19.0 Å².